The molecule has 1 fully saturated rings. The van der Waals surface area contributed by atoms with Crippen molar-refractivity contribution in [3.63, 3.8) is 0 Å². The van der Waals surface area contributed by atoms with Gasteiger partial charge in [-0.1, -0.05) is 11.6 Å². The van der Waals surface area contributed by atoms with Crippen molar-refractivity contribution in [2.24, 2.45) is 0 Å². The van der Waals surface area contributed by atoms with Crippen molar-refractivity contribution in [1.29, 1.82) is 0 Å². The molecule has 20 heavy (non-hydrogen) atoms. The molecule has 0 aliphatic carbocycles. The molecule has 1 aromatic carbocycles. The van der Waals surface area contributed by atoms with Crippen LogP contribution in [0.2, 0.25) is 5.02 Å². The smallest absolute Gasteiger partial charge is 0.221 e. The second-order valence-corrected chi connectivity index (χ2v) is 7.66. The van der Waals surface area contributed by atoms with Crippen molar-refractivity contribution in [2.75, 3.05) is 22.1 Å². The summed E-state index contributed by atoms with van der Waals surface area (Å²) >= 11 is 6.09. The van der Waals surface area contributed by atoms with Crippen LogP contribution in [0.5, 0.6) is 0 Å². The van der Waals surface area contributed by atoms with Gasteiger partial charge in [-0.2, -0.15) is 0 Å². The largest absolute Gasteiger partial charge is 0.382 e. The van der Waals surface area contributed by atoms with Crippen molar-refractivity contribution in [2.45, 2.75) is 25.8 Å². The fourth-order valence-corrected chi connectivity index (χ4v) is 3.89. The Labute approximate surface area is 123 Å². The summed E-state index contributed by atoms with van der Waals surface area (Å²) in [5.41, 5.74) is 1.39. The van der Waals surface area contributed by atoms with E-state index >= 15 is 0 Å². The SMILES string of the molecule is CC(=O)Nc1ccc(NC2CCS(=O)(=O)CC2)cc1Cl. The van der Waals surface area contributed by atoms with Gasteiger partial charge >= 0.3 is 0 Å². The molecular formula is C13H17ClN2O3S. The summed E-state index contributed by atoms with van der Waals surface area (Å²) in [5, 5.41) is 6.37. The van der Waals surface area contributed by atoms with E-state index in [4.69, 9.17) is 11.6 Å². The number of carbonyl (C=O) groups is 1. The van der Waals surface area contributed by atoms with Crippen LogP contribution in [0.25, 0.3) is 0 Å². The molecule has 5 nitrogen and oxygen atoms in total. The Hall–Kier alpha value is -1.27. The summed E-state index contributed by atoms with van der Waals surface area (Å²) in [4.78, 5) is 11.0. The number of benzene rings is 1. The third-order valence-electron chi connectivity index (χ3n) is 3.21. The van der Waals surface area contributed by atoms with Crippen LogP contribution in [0.4, 0.5) is 11.4 Å². The Kier molecular flexibility index (Phi) is 4.55. The molecule has 0 radical (unpaired) electrons. The lowest BCUT2D eigenvalue weighted by Crippen LogP contribution is -2.32. The number of sulfone groups is 1. The predicted molar refractivity (Wildman–Crippen MR) is 81.1 cm³/mol. The molecule has 1 heterocycles. The van der Waals surface area contributed by atoms with Crippen molar-refractivity contribution in [3.05, 3.63) is 23.2 Å². The highest BCUT2D eigenvalue weighted by atomic mass is 35.5. The molecule has 1 amide bonds. The number of rotatable bonds is 3. The van der Waals surface area contributed by atoms with Crippen molar-refractivity contribution in [1.82, 2.24) is 0 Å². The highest BCUT2D eigenvalue weighted by molar-refractivity contribution is 7.91. The first-order chi connectivity index (χ1) is 9.35. The Balaban J connectivity index is 2.00. The molecule has 2 rings (SSSR count). The second kappa shape index (κ2) is 6.01. The van der Waals surface area contributed by atoms with Gasteiger partial charge in [0.05, 0.1) is 22.2 Å². The van der Waals surface area contributed by atoms with Crippen molar-refractivity contribution >= 4 is 38.7 Å². The van der Waals surface area contributed by atoms with E-state index < -0.39 is 9.84 Å². The monoisotopic (exact) mass is 316 g/mol. The van der Waals surface area contributed by atoms with E-state index in [2.05, 4.69) is 10.6 Å². The molecule has 1 saturated heterocycles. The zero-order valence-electron chi connectivity index (χ0n) is 11.1. The van der Waals surface area contributed by atoms with E-state index in [1.807, 2.05) is 6.07 Å². The van der Waals surface area contributed by atoms with Gasteiger partial charge < -0.3 is 10.6 Å². The van der Waals surface area contributed by atoms with Gasteiger partial charge in [0.2, 0.25) is 5.91 Å². The number of nitrogens with one attached hydrogen (secondary N) is 2. The molecule has 1 aliphatic rings. The van der Waals surface area contributed by atoms with Gasteiger partial charge in [-0.25, -0.2) is 8.42 Å². The van der Waals surface area contributed by atoms with Crippen LogP contribution >= 0.6 is 11.6 Å². The molecule has 1 aromatic rings. The molecule has 0 atom stereocenters. The fourth-order valence-electron chi connectivity index (χ4n) is 2.17. The van der Waals surface area contributed by atoms with Crippen LogP contribution in [0.1, 0.15) is 19.8 Å². The zero-order chi connectivity index (χ0) is 14.8. The third kappa shape index (κ3) is 4.11. The quantitative estimate of drug-likeness (QED) is 0.897. The Bertz CT molecular complexity index is 602. The molecule has 0 unspecified atom stereocenters. The average molecular weight is 317 g/mol. The van der Waals surface area contributed by atoms with E-state index in [0.717, 1.165) is 5.69 Å². The molecule has 0 bridgehead atoms. The third-order valence-corrected chi connectivity index (χ3v) is 5.23. The van der Waals surface area contributed by atoms with Crippen molar-refractivity contribution in [3.8, 4) is 0 Å². The maximum absolute atomic E-state index is 11.4. The summed E-state index contributed by atoms with van der Waals surface area (Å²) < 4.78 is 22.7. The highest BCUT2D eigenvalue weighted by Crippen LogP contribution is 2.27. The maximum atomic E-state index is 11.4. The van der Waals surface area contributed by atoms with E-state index in [1.54, 1.807) is 12.1 Å². The normalized spacial score (nSPS) is 18.5. The Morgan fingerprint density at radius 3 is 2.50 bits per heavy atom. The molecule has 0 saturated carbocycles. The van der Waals surface area contributed by atoms with Gasteiger partial charge in [0, 0.05) is 18.7 Å². The number of hydrogen-bond acceptors (Lipinski definition) is 4. The minimum atomic E-state index is -2.85. The van der Waals surface area contributed by atoms with Crippen LogP contribution < -0.4 is 10.6 Å². The van der Waals surface area contributed by atoms with Gasteiger partial charge in [0.1, 0.15) is 9.84 Å². The summed E-state index contributed by atoms with van der Waals surface area (Å²) in [6, 6.07) is 5.42. The standard InChI is InChI=1S/C13H17ClN2O3S/c1-9(17)15-13-3-2-11(8-12(13)14)16-10-4-6-20(18,19)7-5-10/h2-3,8,10,16H,4-7H2,1H3,(H,15,17). The first-order valence-corrected chi connectivity index (χ1v) is 8.60. The van der Waals surface area contributed by atoms with E-state index in [1.165, 1.54) is 6.92 Å². The minimum Gasteiger partial charge on any atom is -0.382 e. The molecule has 0 aromatic heterocycles. The lowest BCUT2D eigenvalue weighted by Gasteiger charge is -2.24. The number of halogens is 1. The average Bonchev–Trinajstić information content (AvgIpc) is 2.35. The summed E-state index contributed by atoms with van der Waals surface area (Å²) in [5.74, 6) is 0.273. The maximum Gasteiger partial charge on any atom is 0.221 e. The van der Waals surface area contributed by atoms with Gasteiger partial charge in [0.25, 0.3) is 0 Å². The summed E-state index contributed by atoms with van der Waals surface area (Å²) in [7, 11) is -2.85. The number of carbonyl (C=O) groups excluding carboxylic acids is 1. The highest BCUT2D eigenvalue weighted by Gasteiger charge is 2.23. The zero-order valence-corrected chi connectivity index (χ0v) is 12.7. The predicted octanol–water partition coefficient (Wildman–Crippen LogP) is 2.29. The lowest BCUT2D eigenvalue weighted by molar-refractivity contribution is -0.114. The topological polar surface area (TPSA) is 75.3 Å². The van der Waals surface area contributed by atoms with Gasteiger partial charge in [0.15, 0.2) is 0 Å². The molecule has 2 N–H and O–H groups in total. The van der Waals surface area contributed by atoms with Crippen LogP contribution in [0.15, 0.2) is 18.2 Å². The van der Waals surface area contributed by atoms with Gasteiger partial charge in [-0.05, 0) is 31.0 Å². The van der Waals surface area contributed by atoms with E-state index in [9.17, 15) is 13.2 Å². The number of hydrogen-bond donors (Lipinski definition) is 2. The molecule has 0 spiro atoms. The van der Waals surface area contributed by atoms with Crippen molar-refractivity contribution < 1.29 is 13.2 Å². The Morgan fingerprint density at radius 2 is 1.95 bits per heavy atom. The number of anilines is 2. The van der Waals surface area contributed by atoms with Crippen LogP contribution in [-0.4, -0.2) is 31.9 Å². The van der Waals surface area contributed by atoms with Crippen LogP contribution in [-0.2, 0) is 14.6 Å². The first-order valence-electron chi connectivity index (χ1n) is 6.40. The number of amides is 1. The van der Waals surface area contributed by atoms with Gasteiger partial charge in [-0.3, -0.25) is 4.79 Å². The summed E-state index contributed by atoms with van der Waals surface area (Å²) in [6.45, 7) is 1.42. The lowest BCUT2D eigenvalue weighted by atomic mass is 10.1. The van der Waals surface area contributed by atoms with E-state index in [0.29, 0.717) is 23.6 Å². The molecule has 7 heteroatoms. The molecular weight excluding hydrogens is 300 g/mol. The summed E-state index contributed by atoms with van der Waals surface area (Å²) in [6.07, 6.45) is 1.21. The molecule has 1 aliphatic heterocycles. The van der Waals surface area contributed by atoms with Crippen LogP contribution in [0, 0.1) is 0 Å². The van der Waals surface area contributed by atoms with E-state index in [-0.39, 0.29) is 23.5 Å². The molecule has 110 valence electrons. The first kappa shape index (κ1) is 15.1. The fraction of sp³-hybridized carbons (Fsp3) is 0.462. The van der Waals surface area contributed by atoms with Gasteiger partial charge in [-0.15, -0.1) is 0 Å². The second-order valence-electron chi connectivity index (χ2n) is 4.95. The minimum absolute atomic E-state index is 0.140. The Morgan fingerprint density at radius 1 is 1.30 bits per heavy atom. The van der Waals surface area contributed by atoms with Crippen LogP contribution in [0.3, 0.4) is 0 Å².